The molecule has 0 fully saturated rings. The monoisotopic (exact) mass is 325 g/mol. The number of nitriles is 1. The van der Waals surface area contributed by atoms with E-state index in [0.29, 0.717) is 11.3 Å². The van der Waals surface area contributed by atoms with Crippen LogP contribution in [0.25, 0.3) is 43.6 Å². The second-order valence-electron chi connectivity index (χ2n) is 6.24. The fraction of sp³-hybridized carbons (Fsp3) is 0.0952. The molecule has 25 heavy (non-hydrogen) atoms. The van der Waals surface area contributed by atoms with E-state index in [4.69, 9.17) is 4.74 Å². The van der Waals surface area contributed by atoms with Crippen LogP contribution in [0.1, 0.15) is 5.56 Å². The summed E-state index contributed by atoms with van der Waals surface area (Å²) in [6.07, 6.45) is 0. The number of hydrogen-bond acceptors (Lipinski definition) is 2. The molecule has 0 bridgehead atoms. The Bertz CT molecular complexity index is 1350. The average Bonchev–Trinajstić information content (AvgIpc) is 3.17. The summed E-state index contributed by atoms with van der Waals surface area (Å²) in [7, 11) is 3.68. The minimum atomic E-state index is 0.589. The third kappa shape index (κ3) is 1.60. The van der Waals surface area contributed by atoms with Gasteiger partial charge in [0.15, 0.2) is 0 Å². The molecular weight excluding hydrogens is 310 g/mol. The van der Waals surface area contributed by atoms with E-state index in [0.717, 1.165) is 43.6 Å². The van der Waals surface area contributed by atoms with E-state index in [9.17, 15) is 5.26 Å². The van der Waals surface area contributed by atoms with Gasteiger partial charge >= 0.3 is 0 Å². The second-order valence-corrected chi connectivity index (χ2v) is 6.24. The van der Waals surface area contributed by atoms with Crippen LogP contribution in [0.2, 0.25) is 0 Å². The molecule has 0 saturated heterocycles. The summed E-state index contributed by atoms with van der Waals surface area (Å²) in [5.41, 5.74) is 4.77. The molecular formula is C21H15N3O. The van der Waals surface area contributed by atoms with Gasteiger partial charge in [0.25, 0.3) is 0 Å². The van der Waals surface area contributed by atoms with Crippen molar-refractivity contribution in [1.29, 1.82) is 5.26 Å². The number of para-hydroxylation sites is 2. The lowest BCUT2D eigenvalue weighted by atomic mass is 10.0. The zero-order valence-corrected chi connectivity index (χ0v) is 13.9. The first kappa shape index (κ1) is 13.9. The molecule has 2 aromatic heterocycles. The van der Waals surface area contributed by atoms with E-state index in [1.165, 1.54) is 0 Å². The van der Waals surface area contributed by atoms with Crippen molar-refractivity contribution >= 4 is 43.6 Å². The number of H-pyrrole nitrogens is 1. The van der Waals surface area contributed by atoms with E-state index < -0.39 is 0 Å². The predicted molar refractivity (Wildman–Crippen MR) is 101 cm³/mol. The molecule has 5 aromatic rings. The zero-order valence-electron chi connectivity index (χ0n) is 13.9. The van der Waals surface area contributed by atoms with Gasteiger partial charge < -0.3 is 14.3 Å². The quantitative estimate of drug-likeness (QED) is 0.479. The molecule has 0 spiro atoms. The Morgan fingerprint density at radius 3 is 2.48 bits per heavy atom. The minimum absolute atomic E-state index is 0.589. The number of nitrogens with one attached hydrogen (secondary N) is 1. The fourth-order valence-electron chi connectivity index (χ4n) is 4.04. The largest absolute Gasteiger partial charge is 0.495 e. The van der Waals surface area contributed by atoms with Gasteiger partial charge in [-0.1, -0.05) is 36.4 Å². The molecule has 3 aromatic carbocycles. The van der Waals surface area contributed by atoms with Crippen molar-refractivity contribution in [3.05, 3.63) is 54.1 Å². The third-order valence-corrected chi connectivity index (χ3v) is 5.07. The van der Waals surface area contributed by atoms with Gasteiger partial charge in [-0.05, 0) is 12.1 Å². The van der Waals surface area contributed by atoms with Gasteiger partial charge in [-0.3, -0.25) is 0 Å². The van der Waals surface area contributed by atoms with Crippen LogP contribution in [-0.4, -0.2) is 16.7 Å². The Kier molecular flexibility index (Phi) is 2.66. The van der Waals surface area contributed by atoms with Crippen molar-refractivity contribution in [3.63, 3.8) is 0 Å². The van der Waals surface area contributed by atoms with Gasteiger partial charge in [0.1, 0.15) is 17.4 Å². The molecule has 4 heteroatoms. The summed E-state index contributed by atoms with van der Waals surface area (Å²) in [6, 6.07) is 18.7. The van der Waals surface area contributed by atoms with Gasteiger partial charge in [-0.2, -0.15) is 5.26 Å². The van der Waals surface area contributed by atoms with Crippen molar-refractivity contribution in [3.8, 4) is 11.8 Å². The van der Waals surface area contributed by atoms with Crippen LogP contribution >= 0.6 is 0 Å². The van der Waals surface area contributed by atoms with Crippen molar-refractivity contribution in [2.75, 3.05) is 7.11 Å². The first-order valence-corrected chi connectivity index (χ1v) is 8.14. The number of ether oxygens (including phenoxy) is 1. The molecule has 0 aliphatic carbocycles. The highest BCUT2D eigenvalue weighted by Gasteiger charge is 2.23. The van der Waals surface area contributed by atoms with E-state index in [2.05, 4.69) is 39.9 Å². The van der Waals surface area contributed by atoms with Crippen molar-refractivity contribution in [2.24, 2.45) is 7.05 Å². The molecule has 0 saturated carbocycles. The lowest BCUT2D eigenvalue weighted by molar-refractivity contribution is 0.419. The van der Waals surface area contributed by atoms with Crippen LogP contribution in [-0.2, 0) is 7.05 Å². The predicted octanol–water partition coefficient (Wildman–Crippen LogP) is 4.85. The molecule has 1 N–H and O–H groups in total. The van der Waals surface area contributed by atoms with E-state index in [1.807, 2.05) is 31.3 Å². The number of aromatic amines is 1. The first-order valence-electron chi connectivity index (χ1n) is 8.14. The molecule has 0 atom stereocenters. The molecule has 5 rings (SSSR count). The Labute approximate surface area is 143 Å². The number of benzene rings is 3. The highest BCUT2D eigenvalue weighted by Crippen LogP contribution is 2.44. The first-order chi connectivity index (χ1) is 12.3. The zero-order chi connectivity index (χ0) is 17.1. The molecule has 0 unspecified atom stereocenters. The van der Waals surface area contributed by atoms with Crippen molar-refractivity contribution in [2.45, 2.75) is 0 Å². The normalized spacial score (nSPS) is 11.6. The summed E-state index contributed by atoms with van der Waals surface area (Å²) in [5.74, 6) is 0.638. The third-order valence-electron chi connectivity index (χ3n) is 5.07. The Balaban J connectivity index is 2.23. The molecule has 4 nitrogen and oxygen atoms in total. The van der Waals surface area contributed by atoms with E-state index in [-0.39, 0.29) is 0 Å². The molecule has 2 heterocycles. The minimum Gasteiger partial charge on any atom is -0.495 e. The maximum absolute atomic E-state index is 9.94. The van der Waals surface area contributed by atoms with E-state index in [1.54, 1.807) is 7.11 Å². The van der Waals surface area contributed by atoms with Crippen LogP contribution < -0.4 is 4.74 Å². The summed E-state index contributed by atoms with van der Waals surface area (Å²) >= 11 is 0. The molecule has 0 amide bonds. The SMILES string of the molecule is COc1c(C#N)c2c3ccccc3n(C)c2c2[nH]c3ccccc3c12. The fourth-order valence-corrected chi connectivity index (χ4v) is 4.04. The molecule has 0 aliphatic rings. The molecule has 0 aliphatic heterocycles. The lowest BCUT2D eigenvalue weighted by Gasteiger charge is -2.08. The van der Waals surface area contributed by atoms with Crippen LogP contribution in [0.4, 0.5) is 0 Å². The van der Waals surface area contributed by atoms with Crippen molar-refractivity contribution in [1.82, 2.24) is 9.55 Å². The van der Waals surface area contributed by atoms with Gasteiger partial charge in [0, 0.05) is 34.2 Å². The molecule has 120 valence electrons. The number of nitrogens with zero attached hydrogens (tertiary/aromatic N) is 2. The van der Waals surface area contributed by atoms with Crippen LogP contribution in [0, 0.1) is 11.3 Å². The lowest BCUT2D eigenvalue weighted by Crippen LogP contribution is -1.93. The van der Waals surface area contributed by atoms with Gasteiger partial charge in [-0.25, -0.2) is 0 Å². The van der Waals surface area contributed by atoms with Gasteiger partial charge in [-0.15, -0.1) is 0 Å². The number of hydrogen-bond donors (Lipinski definition) is 1. The van der Waals surface area contributed by atoms with Crippen LogP contribution in [0.3, 0.4) is 0 Å². The van der Waals surface area contributed by atoms with Gasteiger partial charge in [0.2, 0.25) is 0 Å². The molecule has 0 radical (unpaired) electrons. The summed E-state index contributed by atoms with van der Waals surface area (Å²) in [4.78, 5) is 3.54. The van der Waals surface area contributed by atoms with E-state index >= 15 is 0 Å². The number of aryl methyl sites for hydroxylation is 1. The van der Waals surface area contributed by atoms with Crippen molar-refractivity contribution < 1.29 is 4.74 Å². The maximum atomic E-state index is 9.94. The summed E-state index contributed by atoms with van der Waals surface area (Å²) in [6.45, 7) is 0. The number of aromatic nitrogens is 2. The smallest absolute Gasteiger partial charge is 0.147 e. The Morgan fingerprint density at radius 2 is 1.72 bits per heavy atom. The maximum Gasteiger partial charge on any atom is 0.147 e. The van der Waals surface area contributed by atoms with Crippen LogP contribution in [0.15, 0.2) is 48.5 Å². The highest BCUT2D eigenvalue weighted by molar-refractivity contribution is 6.26. The van der Waals surface area contributed by atoms with Gasteiger partial charge in [0.05, 0.1) is 23.5 Å². The number of fused-ring (bicyclic) bond motifs is 7. The second kappa shape index (κ2) is 4.78. The number of rotatable bonds is 1. The summed E-state index contributed by atoms with van der Waals surface area (Å²) in [5, 5.41) is 14.0. The number of methoxy groups -OCH3 is 1. The Hall–Kier alpha value is -3.45. The summed E-state index contributed by atoms with van der Waals surface area (Å²) < 4.78 is 7.89. The average molecular weight is 325 g/mol. The van der Waals surface area contributed by atoms with Crippen LogP contribution in [0.5, 0.6) is 5.75 Å². The standard InChI is InChI=1S/C21H15N3O/c1-24-16-10-6-4-8-13(16)17-14(11-22)21(25-2)18-12-7-3-5-9-15(12)23-19(18)20(17)24/h3-10,23H,1-2H3. The Morgan fingerprint density at radius 1 is 1.00 bits per heavy atom. The highest BCUT2D eigenvalue weighted by atomic mass is 16.5. The topological polar surface area (TPSA) is 53.7 Å².